The Labute approximate surface area is 119 Å². The fourth-order valence-corrected chi connectivity index (χ4v) is 2.19. The van der Waals surface area contributed by atoms with Gasteiger partial charge in [-0.2, -0.15) is 0 Å². The van der Waals surface area contributed by atoms with Crippen LogP contribution in [0.5, 0.6) is 0 Å². The maximum absolute atomic E-state index is 12.3. The molecule has 0 aromatic heterocycles. The van der Waals surface area contributed by atoms with Crippen LogP contribution in [-0.2, 0) is 6.42 Å². The number of rotatable bonds is 4. The van der Waals surface area contributed by atoms with Crippen molar-refractivity contribution in [3.63, 3.8) is 0 Å². The van der Waals surface area contributed by atoms with Crippen LogP contribution in [0.3, 0.4) is 0 Å². The summed E-state index contributed by atoms with van der Waals surface area (Å²) in [4.78, 5) is 12.3. The molecular formula is C17H20N2O. The number of hydrogen-bond donors (Lipinski definition) is 2. The maximum atomic E-state index is 12.3. The molecule has 0 aliphatic rings. The number of carbonyl (C=O) groups is 1. The van der Waals surface area contributed by atoms with Gasteiger partial charge in [0.15, 0.2) is 0 Å². The molecule has 2 aromatic carbocycles. The zero-order valence-corrected chi connectivity index (χ0v) is 11.9. The summed E-state index contributed by atoms with van der Waals surface area (Å²) in [7, 11) is 0. The SMILES string of the molecule is CCc1ccccc1C(=O)NC(C)c1ccc(N)cc1. The van der Waals surface area contributed by atoms with Crippen LogP contribution < -0.4 is 11.1 Å². The van der Waals surface area contributed by atoms with Gasteiger partial charge in [-0.25, -0.2) is 0 Å². The Morgan fingerprint density at radius 1 is 1.15 bits per heavy atom. The normalized spacial score (nSPS) is 11.9. The molecule has 0 aliphatic heterocycles. The maximum Gasteiger partial charge on any atom is 0.252 e. The number of anilines is 1. The highest BCUT2D eigenvalue weighted by Gasteiger charge is 2.13. The summed E-state index contributed by atoms with van der Waals surface area (Å²) in [6.45, 7) is 4.02. The van der Waals surface area contributed by atoms with Gasteiger partial charge in [-0.15, -0.1) is 0 Å². The summed E-state index contributed by atoms with van der Waals surface area (Å²) in [6.07, 6.45) is 0.847. The van der Waals surface area contributed by atoms with E-state index in [1.54, 1.807) is 0 Å². The molecule has 0 heterocycles. The Hall–Kier alpha value is -2.29. The molecule has 1 amide bonds. The number of aryl methyl sites for hydroxylation is 1. The molecule has 3 heteroatoms. The fraction of sp³-hybridized carbons (Fsp3) is 0.235. The number of nitrogens with one attached hydrogen (secondary N) is 1. The van der Waals surface area contributed by atoms with Crippen LogP contribution in [0.2, 0.25) is 0 Å². The van der Waals surface area contributed by atoms with Crippen LogP contribution in [0.4, 0.5) is 5.69 Å². The predicted molar refractivity (Wildman–Crippen MR) is 82.6 cm³/mol. The molecular weight excluding hydrogens is 248 g/mol. The third kappa shape index (κ3) is 3.18. The molecule has 0 saturated heterocycles. The first-order valence-corrected chi connectivity index (χ1v) is 6.86. The molecule has 0 saturated carbocycles. The quantitative estimate of drug-likeness (QED) is 0.836. The number of hydrogen-bond acceptors (Lipinski definition) is 2. The van der Waals surface area contributed by atoms with Crippen molar-refractivity contribution in [2.75, 3.05) is 5.73 Å². The molecule has 1 unspecified atom stereocenters. The molecule has 0 radical (unpaired) electrons. The van der Waals surface area contributed by atoms with Crippen LogP contribution in [-0.4, -0.2) is 5.91 Å². The number of carbonyl (C=O) groups excluding carboxylic acids is 1. The zero-order chi connectivity index (χ0) is 14.5. The lowest BCUT2D eigenvalue weighted by atomic mass is 10.0. The van der Waals surface area contributed by atoms with E-state index in [1.165, 1.54) is 0 Å². The van der Waals surface area contributed by atoms with Crippen LogP contribution in [0.1, 0.15) is 41.4 Å². The molecule has 3 N–H and O–H groups in total. The Balaban J connectivity index is 2.13. The molecule has 3 nitrogen and oxygen atoms in total. The highest BCUT2D eigenvalue weighted by Crippen LogP contribution is 2.16. The summed E-state index contributed by atoms with van der Waals surface area (Å²) in [5, 5.41) is 3.03. The second-order valence-electron chi connectivity index (χ2n) is 4.87. The standard InChI is InChI=1S/C17H20N2O/c1-3-13-6-4-5-7-16(13)17(20)19-12(2)14-8-10-15(18)11-9-14/h4-12H,3,18H2,1-2H3,(H,19,20). The van der Waals surface area contributed by atoms with Gasteiger partial charge >= 0.3 is 0 Å². The van der Waals surface area contributed by atoms with E-state index in [1.807, 2.05) is 55.5 Å². The van der Waals surface area contributed by atoms with Crippen molar-refractivity contribution in [1.82, 2.24) is 5.32 Å². The van der Waals surface area contributed by atoms with E-state index in [9.17, 15) is 4.79 Å². The highest BCUT2D eigenvalue weighted by molar-refractivity contribution is 5.95. The number of benzene rings is 2. The van der Waals surface area contributed by atoms with Crippen molar-refractivity contribution >= 4 is 11.6 Å². The van der Waals surface area contributed by atoms with Crippen molar-refractivity contribution in [3.05, 3.63) is 65.2 Å². The van der Waals surface area contributed by atoms with Gasteiger partial charge in [0.25, 0.3) is 5.91 Å². The van der Waals surface area contributed by atoms with Crippen LogP contribution >= 0.6 is 0 Å². The van der Waals surface area contributed by atoms with Gasteiger partial charge in [0.1, 0.15) is 0 Å². The third-order valence-corrected chi connectivity index (χ3v) is 3.43. The van der Waals surface area contributed by atoms with Crippen molar-refractivity contribution in [3.8, 4) is 0 Å². The zero-order valence-electron chi connectivity index (χ0n) is 11.9. The molecule has 2 rings (SSSR count). The van der Waals surface area contributed by atoms with Crippen molar-refractivity contribution < 1.29 is 4.79 Å². The largest absolute Gasteiger partial charge is 0.399 e. The first kappa shape index (κ1) is 14.1. The van der Waals surface area contributed by atoms with Crippen molar-refractivity contribution in [1.29, 1.82) is 0 Å². The van der Waals surface area contributed by atoms with Gasteiger partial charge in [-0.3, -0.25) is 4.79 Å². The minimum atomic E-state index is -0.0481. The van der Waals surface area contributed by atoms with Crippen LogP contribution in [0, 0.1) is 0 Å². The minimum absolute atomic E-state index is 0.0354. The molecule has 0 spiro atoms. The topological polar surface area (TPSA) is 55.1 Å². The summed E-state index contributed by atoms with van der Waals surface area (Å²) >= 11 is 0. The molecule has 0 aliphatic carbocycles. The number of nitrogens with two attached hydrogens (primary N) is 1. The second kappa shape index (κ2) is 6.24. The lowest BCUT2D eigenvalue weighted by Gasteiger charge is -2.16. The van der Waals surface area contributed by atoms with E-state index < -0.39 is 0 Å². The van der Waals surface area contributed by atoms with Gasteiger partial charge in [0.05, 0.1) is 6.04 Å². The fourth-order valence-electron chi connectivity index (χ4n) is 2.19. The monoisotopic (exact) mass is 268 g/mol. The summed E-state index contributed by atoms with van der Waals surface area (Å²) in [5.74, 6) is -0.0354. The lowest BCUT2D eigenvalue weighted by molar-refractivity contribution is 0.0939. The average Bonchev–Trinajstić information content (AvgIpc) is 2.47. The first-order chi connectivity index (χ1) is 9.61. The Kier molecular flexibility index (Phi) is 4.41. The molecule has 1 atom stereocenters. The summed E-state index contributed by atoms with van der Waals surface area (Å²) in [5.41, 5.74) is 9.25. The predicted octanol–water partition coefficient (Wildman–Crippen LogP) is 3.32. The molecule has 104 valence electrons. The Bertz CT molecular complexity index is 590. The number of nitrogen functional groups attached to an aromatic ring is 1. The van der Waals surface area contributed by atoms with Crippen LogP contribution in [0.25, 0.3) is 0 Å². The van der Waals surface area contributed by atoms with Crippen LogP contribution in [0.15, 0.2) is 48.5 Å². The average molecular weight is 268 g/mol. The number of amides is 1. The molecule has 2 aromatic rings. The lowest BCUT2D eigenvalue weighted by Crippen LogP contribution is -2.27. The van der Waals surface area contributed by atoms with Gasteiger partial charge < -0.3 is 11.1 Å². The molecule has 0 fully saturated rings. The van der Waals surface area contributed by atoms with E-state index in [0.29, 0.717) is 0 Å². The van der Waals surface area contributed by atoms with Gasteiger partial charge in [0.2, 0.25) is 0 Å². The van der Waals surface area contributed by atoms with E-state index >= 15 is 0 Å². The second-order valence-corrected chi connectivity index (χ2v) is 4.87. The van der Waals surface area contributed by atoms with Gasteiger partial charge in [0, 0.05) is 11.3 Å². The van der Waals surface area contributed by atoms with Gasteiger partial charge in [-0.05, 0) is 42.7 Å². The van der Waals surface area contributed by atoms with Crippen molar-refractivity contribution in [2.24, 2.45) is 0 Å². The Morgan fingerprint density at radius 2 is 1.80 bits per heavy atom. The smallest absolute Gasteiger partial charge is 0.252 e. The van der Waals surface area contributed by atoms with Gasteiger partial charge in [-0.1, -0.05) is 37.3 Å². The first-order valence-electron chi connectivity index (χ1n) is 6.86. The van der Waals surface area contributed by atoms with E-state index in [2.05, 4.69) is 12.2 Å². The van der Waals surface area contributed by atoms with Crippen molar-refractivity contribution in [2.45, 2.75) is 26.3 Å². The highest BCUT2D eigenvalue weighted by atomic mass is 16.1. The molecule has 20 heavy (non-hydrogen) atoms. The summed E-state index contributed by atoms with van der Waals surface area (Å²) in [6, 6.07) is 15.2. The molecule has 0 bridgehead atoms. The van der Waals surface area contributed by atoms with E-state index in [-0.39, 0.29) is 11.9 Å². The van der Waals surface area contributed by atoms with E-state index in [0.717, 1.165) is 28.8 Å². The summed E-state index contributed by atoms with van der Waals surface area (Å²) < 4.78 is 0. The minimum Gasteiger partial charge on any atom is -0.399 e. The van der Waals surface area contributed by atoms with E-state index in [4.69, 9.17) is 5.73 Å². The third-order valence-electron chi connectivity index (χ3n) is 3.43. The Morgan fingerprint density at radius 3 is 2.45 bits per heavy atom.